The van der Waals surface area contributed by atoms with E-state index < -0.39 is 0 Å². The van der Waals surface area contributed by atoms with Crippen LogP contribution in [0.2, 0.25) is 0 Å². The van der Waals surface area contributed by atoms with Crippen LogP contribution in [0.25, 0.3) is 0 Å². The topological polar surface area (TPSA) is 18.5 Å². The Labute approximate surface area is 118 Å². The predicted octanol–water partition coefficient (Wildman–Crippen LogP) is 1.93. The first kappa shape index (κ1) is 13.8. The van der Waals surface area contributed by atoms with Crippen LogP contribution in [0.3, 0.4) is 0 Å². The van der Waals surface area contributed by atoms with Crippen molar-refractivity contribution in [3.8, 4) is 0 Å². The Morgan fingerprint density at radius 1 is 1.16 bits per heavy atom. The number of hydrogen-bond donors (Lipinski definition) is 1. The van der Waals surface area contributed by atoms with Crippen LogP contribution in [0.4, 0.5) is 0 Å². The van der Waals surface area contributed by atoms with Crippen LogP contribution in [0.5, 0.6) is 0 Å². The summed E-state index contributed by atoms with van der Waals surface area (Å²) in [6.45, 7) is 5.22. The average molecular weight is 265 g/mol. The number of hydrogen-bond acceptors (Lipinski definition) is 3. The summed E-state index contributed by atoms with van der Waals surface area (Å²) in [5.41, 5.74) is 0.485. The van der Waals surface area contributed by atoms with E-state index in [1.165, 1.54) is 71.1 Å². The van der Waals surface area contributed by atoms with Gasteiger partial charge in [-0.3, -0.25) is 0 Å². The van der Waals surface area contributed by atoms with Crippen LogP contribution in [-0.4, -0.2) is 61.7 Å². The SMILES string of the molecule is CN(C)C1(CN2CCC(CNC3CC3)C2)CCCC1. The molecule has 3 heteroatoms. The molecule has 0 bridgehead atoms. The van der Waals surface area contributed by atoms with E-state index in [9.17, 15) is 0 Å². The van der Waals surface area contributed by atoms with Crippen molar-refractivity contribution in [2.45, 2.75) is 56.5 Å². The molecule has 2 aliphatic carbocycles. The molecule has 1 saturated heterocycles. The predicted molar refractivity (Wildman–Crippen MR) is 80.5 cm³/mol. The monoisotopic (exact) mass is 265 g/mol. The maximum absolute atomic E-state index is 3.71. The van der Waals surface area contributed by atoms with E-state index in [0.717, 1.165) is 12.0 Å². The number of nitrogens with one attached hydrogen (secondary N) is 1. The van der Waals surface area contributed by atoms with Crippen molar-refractivity contribution < 1.29 is 0 Å². The Morgan fingerprint density at radius 2 is 1.89 bits per heavy atom. The molecule has 110 valence electrons. The van der Waals surface area contributed by atoms with Gasteiger partial charge in [0, 0.05) is 24.7 Å². The highest BCUT2D eigenvalue weighted by atomic mass is 15.2. The maximum atomic E-state index is 3.71. The molecule has 3 rings (SSSR count). The fourth-order valence-corrected chi connectivity index (χ4v) is 4.04. The van der Waals surface area contributed by atoms with Gasteiger partial charge in [0.1, 0.15) is 0 Å². The molecule has 3 nitrogen and oxygen atoms in total. The molecule has 3 aliphatic rings. The van der Waals surface area contributed by atoms with Crippen LogP contribution < -0.4 is 5.32 Å². The Hall–Kier alpha value is -0.120. The first-order valence-corrected chi connectivity index (χ1v) is 8.31. The van der Waals surface area contributed by atoms with E-state index >= 15 is 0 Å². The van der Waals surface area contributed by atoms with Gasteiger partial charge in [0.15, 0.2) is 0 Å². The maximum Gasteiger partial charge on any atom is 0.0330 e. The third-order valence-electron chi connectivity index (χ3n) is 5.64. The quantitative estimate of drug-likeness (QED) is 0.792. The first-order chi connectivity index (χ1) is 9.18. The molecule has 1 aliphatic heterocycles. The van der Waals surface area contributed by atoms with Crippen molar-refractivity contribution >= 4 is 0 Å². The summed E-state index contributed by atoms with van der Waals surface area (Å²) in [6.07, 6.45) is 9.91. The second kappa shape index (κ2) is 5.71. The van der Waals surface area contributed by atoms with Crippen molar-refractivity contribution in [3.05, 3.63) is 0 Å². The molecule has 0 aromatic rings. The summed E-state index contributed by atoms with van der Waals surface area (Å²) in [7, 11) is 4.57. The Morgan fingerprint density at radius 3 is 2.53 bits per heavy atom. The second-order valence-corrected chi connectivity index (χ2v) is 7.40. The van der Waals surface area contributed by atoms with Crippen LogP contribution in [-0.2, 0) is 0 Å². The van der Waals surface area contributed by atoms with Gasteiger partial charge >= 0.3 is 0 Å². The smallest absolute Gasteiger partial charge is 0.0330 e. The summed E-state index contributed by atoms with van der Waals surface area (Å²) in [5, 5.41) is 3.71. The minimum Gasteiger partial charge on any atom is -0.314 e. The lowest BCUT2D eigenvalue weighted by Crippen LogP contribution is -2.50. The second-order valence-electron chi connectivity index (χ2n) is 7.40. The van der Waals surface area contributed by atoms with Crippen LogP contribution in [0, 0.1) is 5.92 Å². The van der Waals surface area contributed by atoms with Gasteiger partial charge in [-0.25, -0.2) is 0 Å². The lowest BCUT2D eigenvalue weighted by Gasteiger charge is -2.39. The van der Waals surface area contributed by atoms with Gasteiger partial charge in [0.05, 0.1) is 0 Å². The zero-order chi connectivity index (χ0) is 13.3. The van der Waals surface area contributed by atoms with Crippen LogP contribution >= 0.6 is 0 Å². The summed E-state index contributed by atoms with van der Waals surface area (Å²) < 4.78 is 0. The van der Waals surface area contributed by atoms with Gasteiger partial charge in [0.25, 0.3) is 0 Å². The molecule has 1 unspecified atom stereocenters. The lowest BCUT2D eigenvalue weighted by atomic mass is 9.95. The highest BCUT2D eigenvalue weighted by Crippen LogP contribution is 2.35. The molecule has 1 N–H and O–H groups in total. The number of likely N-dealkylation sites (N-methyl/N-ethyl adjacent to an activating group) is 1. The van der Waals surface area contributed by atoms with Crippen molar-refractivity contribution in [3.63, 3.8) is 0 Å². The van der Waals surface area contributed by atoms with E-state index in [-0.39, 0.29) is 0 Å². The molecular formula is C16H31N3. The minimum absolute atomic E-state index is 0.485. The zero-order valence-corrected chi connectivity index (χ0v) is 12.8. The lowest BCUT2D eigenvalue weighted by molar-refractivity contribution is 0.103. The number of rotatable bonds is 6. The van der Waals surface area contributed by atoms with Gasteiger partial charge in [0.2, 0.25) is 0 Å². The van der Waals surface area contributed by atoms with Gasteiger partial charge in [-0.05, 0) is 65.2 Å². The Bertz CT molecular complexity index is 292. The van der Waals surface area contributed by atoms with Crippen molar-refractivity contribution in [1.82, 2.24) is 15.1 Å². The fourth-order valence-electron chi connectivity index (χ4n) is 4.04. The molecule has 0 aromatic carbocycles. The van der Waals surface area contributed by atoms with Gasteiger partial charge in [-0.15, -0.1) is 0 Å². The highest BCUT2D eigenvalue weighted by molar-refractivity contribution is 4.96. The fraction of sp³-hybridized carbons (Fsp3) is 1.00. The third-order valence-corrected chi connectivity index (χ3v) is 5.64. The van der Waals surface area contributed by atoms with Gasteiger partial charge in [-0.2, -0.15) is 0 Å². The molecule has 2 saturated carbocycles. The Kier molecular flexibility index (Phi) is 4.16. The molecule has 19 heavy (non-hydrogen) atoms. The van der Waals surface area contributed by atoms with Crippen LogP contribution in [0.15, 0.2) is 0 Å². The molecule has 0 amide bonds. The highest BCUT2D eigenvalue weighted by Gasteiger charge is 2.39. The normalized spacial score (nSPS) is 31.4. The van der Waals surface area contributed by atoms with Gasteiger partial charge in [-0.1, -0.05) is 12.8 Å². The molecule has 0 radical (unpaired) electrons. The van der Waals surface area contributed by atoms with E-state index in [0.29, 0.717) is 5.54 Å². The largest absolute Gasteiger partial charge is 0.314 e. The van der Waals surface area contributed by atoms with E-state index in [1.807, 2.05) is 0 Å². The standard InChI is InChI=1S/C16H31N3/c1-18(2)16(8-3-4-9-16)13-19-10-7-14(12-19)11-17-15-5-6-15/h14-15,17H,3-13H2,1-2H3. The summed E-state index contributed by atoms with van der Waals surface area (Å²) in [5.74, 6) is 0.904. The minimum atomic E-state index is 0.485. The van der Waals surface area contributed by atoms with Crippen molar-refractivity contribution in [2.75, 3.05) is 40.3 Å². The first-order valence-electron chi connectivity index (χ1n) is 8.31. The molecule has 0 spiro atoms. The summed E-state index contributed by atoms with van der Waals surface area (Å²) >= 11 is 0. The average Bonchev–Trinajstić information content (AvgIpc) is 2.91. The molecule has 0 aromatic heterocycles. The molecule has 1 heterocycles. The number of nitrogens with zero attached hydrogens (tertiary/aromatic N) is 2. The molecule has 1 atom stereocenters. The van der Waals surface area contributed by atoms with E-state index in [2.05, 4.69) is 29.2 Å². The van der Waals surface area contributed by atoms with Crippen LogP contribution in [0.1, 0.15) is 44.9 Å². The Balaban J connectivity index is 1.47. The summed E-state index contributed by atoms with van der Waals surface area (Å²) in [4.78, 5) is 5.25. The van der Waals surface area contributed by atoms with Crippen molar-refractivity contribution in [2.24, 2.45) is 5.92 Å². The van der Waals surface area contributed by atoms with Gasteiger partial charge < -0.3 is 15.1 Å². The van der Waals surface area contributed by atoms with E-state index in [1.54, 1.807) is 0 Å². The zero-order valence-electron chi connectivity index (χ0n) is 12.8. The summed E-state index contributed by atoms with van der Waals surface area (Å²) in [6, 6.07) is 0.872. The van der Waals surface area contributed by atoms with E-state index in [4.69, 9.17) is 0 Å². The number of likely N-dealkylation sites (tertiary alicyclic amines) is 1. The molecular weight excluding hydrogens is 234 g/mol. The third kappa shape index (κ3) is 3.32. The molecule has 3 fully saturated rings. The van der Waals surface area contributed by atoms with Crippen molar-refractivity contribution in [1.29, 1.82) is 0 Å².